The lowest BCUT2D eigenvalue weighted by Crippen LogP contribution is -2.25. The Kier molecular flexibility index (Phi) is 4.15. The van der Waals surface area contributed by atoms with Gasteiger partial charge in [0, 0.05) is 17.3 Å². The van der Waals surface area contributed by atoms with Crippen LogP contribution in [0.2, 0.25) is 10.0 Å². The van der Waals surface area contributed by atoms with E-state index < -0.39 is 0 Å². The van der Waals surface area contributed by atoms with Crippen molar-refractivity contribution in [1.82, 2.24) is 5.32 Å². The van der Waals surface area contributed by atoms with Gasteiger partial charge in [-0.05, 0) is 48.4 Å². The molecule has 0 saturated carbocycles. The molecule has 0 unspecified atom stereocenters. The van der Waals surface area contributed by atoms with Gasteiger partial charge in [-0.2, -0.15) is 0 Å². The van der Waals surface area contributed by atoms with Crippen LogP contribution in [0.3, 0.4) is 0 Å². The molecule has 3 nitrogen and oxygen atoms in total. The number of nitrogens with one attached hydrogen (secondary N) is 2. The van der Waals surface area contributed by atoms with Crippen molar-refractivity contribution in [3.63, 3.8) is 0 Å². The molecule has 2 aromatic carbocycles. The second-order valence-corrected chi connectivity index (χ2v) is 5.79. The molecule has 2 N–H and O–H groups in total. The molecule has 1 heterocycles. The number of halogens is 2. The number of carbonyl (C=O) groups excluding carboxylic acids is 1. The van der Waals surface area contributed by atoms with Gasteiger partial charge >= 0.3 is 0 Å². The summed E-state index contributed by atoms with van der Waals surface area (Å²) in [6.07, 6.45) is 0.898. The van der Waals surface area contributed by atoms with Gasteiger partial charge in [0.2, 0.25) is 0 Å². The largest absolute Gasteiger partial charge is 0.322 e. The lowest BCUT2D eigenvalue weighted by atomic mass is 9.99. The van der Waals surface area contributed by atoms with E-state index in [4.69, 9.17) is 23.2 Å². The summed E-state index contributed by atoms with van der Waals surface area (Å²) in [7, 11) is 0. The van der Waals surface area contributed by atoms with Crippen molar-refractivity contribution in [3.05, 3.63) is 63.1 Å². The molecule has 0 spiro atoms. The lowest BCUT2D eigenvalue weighted by molar-refractivity contribution is 0.102. The zero-order chi connectivity index (χ0) is 14.8. The number of anilines is 1. The average molecular weight is 321 g/mol. The summed E-state index contributed by atoms with van der Waals surface area (Å²) in [5.41, 5.74) is 3.63. The van der Waals surface area contributed by atoms with Gasteiger partial charge in [-0.3, -0.25) is 4.79 Å². The monoisotopic (exact) mass is 320 g/mol. The van der Waals surface area contributed by atoms with Crippen LogP contribution in [0.4, 0.5) is 5.69 Å². The number of benzene rings is 2. The summed E-state index contributed by atoms with van der Waals surface area (Å²) < 4.78 is 0. The molecule has 1 aliphatic rings. The molecule has 3 rings (SSSR count). The van der Waals surface area contributed by atoms with Crippen LogP contribution in [-0.2, 0) is 13.0 Å². The Morgan fingerprint density at radius 2 is 2.05 bits per heavy atom. The maximum atomic E-state index is 12.4. The first kappa shape index (κ1) is 14.4. The molecule has 1 amide bonds. The molecule has 0 saturated heterocycles. The second kappa shape index (κ2) is 6.06. The molecule has 0 aromatic heterocycles. The Hall–Kier alpha value is -1.55. The van der Waals surface area contributed by atoms with Crippen LogP contribution in [0.15, 0.2) is 36.4 Å². The molecule has 0 aliphatic carbocycles. The van der Waals surface area contributed by atoms with E-state index in [2.05, 4.69) is 16.7 Å². The highest BCUT2D eigenvalue weighted by Crippen LogP contribution is 2.26. The highest BCUT2D eigenvalue weighted by atomic mass is 35.5. The maximum absolute atomic E-state index is 12.4. The number of hydrogen-bond donors (Lipinski definition) is 2. The normalized spacial score (nSPS) is 13.6. The summed E-state index contributed by atoms with van der Waals surface area (Å²) in [5.74, 6) is -0.241. The minimum atomic E-state index is -0.241. The van der Waals surface area contributed by atoms with Gasteiger partial charge in [0.1, 0.15) is 0 Å². The maximum Gasteiger partial charge on any atom is 0.257 e. The first-order valence-electron chi connectivity index (χ1n) is 6.73. The molecule has 21 heavy (non-hydrogen) atoms. The predicted molar refractivity (Wildman–Crippen MR) is 86.3 cm³/mol. The van der Waals surface area contributed by atoms with Crippen molar-refractivity contribution < 1.29 is 4.79 Å². The number of amides is 1. The van der Waals surface area contributed by atoms with Crippen LogP contribution in [0.1, 0.15) is 21.5 Å². The highest BCUT2D eigenvalue weighted by molar-refractivity contribution is 6.36. The van der Waals surface area contributed by atoms with Crippen molar-refractivity contribution in [2.45, 2.75) is 13.0 Å². The molecule has 0 bridgehead atoms. The number of rotatable bonds is 2. The average Bonchev–Trinajstić information content (AvgIpc) is 2.50. The minimum absolute atomic E-state index is 0.241. The van der Waals surface area contributed by atoms with Crippen LogP contribution in [0.25, 0.3) is 0 Å². The van der Waals surface area contributed by atoms with Gasteiger partial charge in [-0.15, -0.1) is 0 Å². The van der Waals surface area contributed by atoms with E-state index in [0.717, 1.165) is 25.2 Å². The molecule has 5 heteroatoms. The van der Waals surface area contributed by atoms with Gasteiger partial charge < -0.3 is 10.6 Å². The van der Waals surface area contributed by atoms with Crippen molar-refractivity contribution in [1.29, 1.82) is 0 Å². The van der Waals surface area contributed by atoms with Gasteiger partial charge in [0.25, 0.3) is 5.91 Å². The zero-order valence-corrected chi connectivity index (χ0v) is 12.8. The quantitative estimate of drug-likeness (QED) is 0.881. The van der Waals surface area contributed by atoms with E-state index >= 15 is 0 Å². The third-order valence-electron chi connectivity index (χ3n) is 3.56. The SMILES string of the molecule is O=C(Nc1cccc2c1CCNC2)c1cc(Cl)ccc1Cl. The fourth-order valence-electron chi connectivity index (χ4n) is 2.51. The summed E-state index contributed by atoms with van der Waals surface area (Å²) in [5, 5.41) is 7.14. The molecule has 108 valence electrons. The van der Waals surface area contributed by atoms with Gasteiger partial charge in [0.15, 0.2) is 0 Å². The van der Waals surface area contributed by atoms with E-state index in [1.165, 1.54) is 11.1 Å². The Morgan fingerprint density at radius 3 is 2.90 bits per heavy atom. The Labute approximate surface area is 133 Å². The van der Waals surface area contributed by atoms with E-state index in [9.17, 15) is 4.79 Å². The van der Waals surface area contributed by atoms with Crippen molar-refractivity contribution >= 4 is 34.8 Å². The minimum Gasteiger partial charge on any atom is -0.322 e. The van der Waals surface area contributed by atoms with E-state index in [1.54, 1.807) is 18.2 Å². The first-order valence-corrected chi connectivity index (χ1v) is 7.48. The molecular formula is C16H14Cl2N2O. The molecule has 0 atom stereocenters. The summed E-state index contributed by atoms with van der Waals surface area (Å²) in [6, 6.07) is 10.8. The van der Waals surface area contributed by atoms with Crippen molar-refractivity contribution in [3.8, 4) is 0 Å². The van der Waals surface area contributed by atoms with Crippen molar-refractivity contribution in [2.75, 3.05) is 11.9 Å². The molecule has 0 fully saturated rings. The van der Waals surface area contributed by atoms with E-state index in [1.807, 2.05) is 12.1 Å². The third kappa shape index (κ3) is 3.05. The Bertz CT molecular complexity index is 701. The number of hydrogen-bond acceptors (Lipinski definition) is 2. The zero-order valence-electron chi connectivity index (χ0n) is 11.2. The number of carbonyl (C=O) groups is 1. The Morgan fingerprint density at radius 1 is 1.19 bits per heavy atom. The molecule has 0 radical (unpaired) electrons. The Balaban J connectivity index is 1.90. The van der Waals surface area contributed by atoms with Gasteiger partial charge in [-0.1, -0.05) is 35.3 Å². The fraction of sp³-hybridized carbons (Fsp3) is 0.188. The first-order chi connectivity index (χ1) is 10.1. The number of fused-ring (bicyclic) bond motifs is 1. The summed E-state index contributed by atoms with van der Waals surface area (Å²) in [6.45, 7) is 1.74. The fourth-order valence-corrected chi connectivity index (χ4v) is 2.89. The predicted octanol–water partition coefficient (Wildman–Crippen LogP) is 3.89. The molecular weight excluding hydrogens is 307 g/mol. The van der Waals surface area contributed by atoms with Crippen LogP contribution in [-0.4, -0.2) is 12.5 Å². The summed E-state index contributed by atoms with van der Waals surface area (Å²) in [4.78, 5) is 12.4. The lowest BCUT2D eigenvalue weighted by Gasteiger charge is -2.20. The smallest absolute Gasteiger partial charge is 0.257 e. The summed E-state index contributed by atoms with van der Waals surface area (Å²) >= 11 is 12.0. The third-order valence-corrected chi connectivity index (χ3v) is 4.13. The standard InChI is InChI=1S/C16H14Cl2N2O/c17-11-4-5-14(18)13(8-11)16(21)20-15-3-1-2-10-9-19-7-6-12(10)15/h1-5,8,19H,6-7,9H2,(H,20,21). The van der Waals surface area contributed by atoms with Gasteiger partial charge in [-0.25, -0.2) is 0 Å². The van der Waals surface area contributed by atoms with E-state index in [0.29, 0.717) is 15.6 Å². The molecule has 1 aliphatic heterocycles. The topological polar surface area (TPSA) is 41.1 Å². The second-order valence-electron chi connectivity index (χ2n) is 4.95. The van der Waals surface area contributed by atoms with Gasteiger partial charge in [0.05, 0.1) is 10.6 Å². The molecule has 2 aromatic rings. The van der Waals surface area contributed by atoms with Crippen LogP contribution < -0.4 is 10.6 Å². The highest BCUT2D eigenvalue weighted by Gasteiger charge is 2.16. The van der Waals surface area contributed by atoms with Crippen LogP contribution in [0, 0.1) is 0 Å². The van der Waals surface area contributed by atoms with Crippen LogP contribution >= 0.6 is 23.2 Å². The van der Waals surface area contributed by atoms with Crippen molar-refractivity contribution in [2.24, 2.45) is 0 Å². The van der Waals surface area contributed by atoms with Crippen LogP contribution in [0.5, 0.6) is 0 Å². The van der Waals surface area contributed by atoms with E-state index in [-0.39, 0.29) is 5.91 Å².